The topological polar surface area (TPSA) is 110 Å². The fourth-order valence-electron chi connectivity index (χ4n) is 3.43. The van der Waals surface area contributed by atoms with Crippen LogP contribution in [0.25, 0.3) is 0 Å². The van der Waals surface area contributed by atoms with E-state index in [1.165, 1.54) is 12.3 Å². The van der Waals surface area contributed by atoms with Gasteiger partial charge in [0.15, 0.2) is 5.79 Å². The van der Waals surface area contributed by atoms with Gasteiger partial charge in [-0.2, -0.15) is 0 Å². The number of esters is 1. The van der Waals surface area contributed by atoms with Crippen LogP contribution in [0.15, 0.2) is 70.7 Å². The van der Waals surface area contributed by atoms with Crippen LogP contribution in [0.5, 0.6) is 11.5 Å². The highest BCUT2D eigenvalue weighted by Crippen LogP contribution is 2.28. The molecule has 180 valence electrons. The van der Waals surface area contributed by atoms with Crippen LogP contribution < -0.4 is 0 Å². The summed E-state index contributed by atoms with van der Waals surface area (Å²) in [5.41, 5.74) is 1.05. The molecular weight excluding hydrogens is 436 g/mol. The van der Waals surface area contributed by atoms with Crippen molar-refractivity contribution in [2.45, 2.75) is 44.7 Å². The molecule has 0 aliphatic carbocycles. The number of rotatable bonds is 9. The number of phenolic OH excluding ortho intramolecular Hbond substituents is 2. The van der Waals surface area contributed by atoms with E-state index in [4.69, 9.17) is 19.2 Å². The van der Waals surface area contributed by atoms with Crippen LogP contribution in [0.1, 0.15) is 31.9 Å². The van der Waals surface area contributed by atoms with Crippen molar-refractivity contribution in [3.05, 3.63) is 71.8 Å². The van der Waals surface area contributed by atoms with E-state index in [9.17, 15) is 15.0 Å². The van der Waals surface area contributed by atoms with Gasteiger partial charge in [0.25, 0.3) is 0 Å². The van der Waals surface area contributed by atoms with Crippen molar-refractivity contribution in [1.82, 2.24) is 0 Å². The van der Waals surface area contributed by atoms with E-state index in [1.54, 1.807) is 67.7 Å². The Labute approximate surface area is 199 Å². The summed E-state index contributed by atoms with van der Waals surface area (Å²) in [6.07, 6.45) is 5.50. The van der Waals surface area contributed by atoms with Crippen LogP contribution in [0.4, 0.5) is 0 Å². The fourth-order valence-corrected chi connectivity index (χ4v) is 3.43. The molecule has 1 saturated heterocycles. The van der Waals surface area contributed by atoms with Crippen LogP contribution in [-0.2, 0) is 19.0 Å². The summed E-state index contributed by atoms with van der Waals surface area (Å²) in [6.45, 7) is 5.87. The molecule has 8 heteroatoms. The van der Waals surface area contributed by atoms with Crippen molar-refractivity contribution < 1.29 is 29.2 Å². The van der Waals surface area contributed by atoms with Crippen molar-refractivity contribution >= 4 is 18.4 Å². The standard InChI is InChI=1S/C26H30N2O6/c1-4-32-24(31)14-13-20(27-15-18-9-5-7-11-21(18)29)25(23-17-33-26(2,3)34-23)28-16-19-10-6-8-12-22(19)30/h5-16,20,23,25,29-30H,4,17H2,1-3H3/b14-13+,27-15?,28-16?/t20-,23+,25+/m0/s1. The normalized spacial score (nSPS) is 19.7. The predicted molar refractivity (Wildman–Crippen MR) is 130 cm³/mol. The Morgan fingerprint density at radius 2 is 1.68 bits per heavy atom. The lowest BCUT2D eigenvalue weighted by Gasteiger charge is -2.24. The highest BCUT2D eigenvalue weighted by Gasteiger charge is 2.40. The second-order valence-electron chi connectivity index (χ2n) is 8.13. The Bertz CT molecular complexity index is 1060. The van der Waals surface area contributed by atoms with Gasteiger partial charge in [-0.3, -0.25) is 9.98 Å². The second kappa shape index (κ2) is 11.6. The van der Waals surface area contributed by atoms with Crippen LogP contribution in [0.3, 0.4) is 0 Å². The smallest absolute Gasteiger partial charge is 0.330 e. The van der Waals surface area contributed by atoms with Gasteiger partial charge in [-0.15, -0.1) is 0 Å². The van der Waals surface area contributed by atoms with E-state index in [2.05, 4.69) is 4.99 Å². The lowest BCUT2D eigenvalue weighted by molar-refractivity contribution is -0.141. The van der Waals surface area contributed by atoms with Crippen LogP contribution >= 0.6 is 0 Å². The lowest BCUT2D eigenvalue weighted by atomic mass is 10.0. The van der Waals surface area contributed by atoms with E-state index < -0.39 is 29.9 Å². The highest BCUT2D eigenvalue weighted by atomic mass is 16.7. The van der Waals surface area contributed by atoms with Gasteiger partial charge < -0.3 is 24.4 Å². The molecule has 3 atom stereocenters. The maximum absolute atomic E-state index is 12.0. The number of hydrogen-bond donors (Lipinski definition) is 2. The fraction of sp³-hybridized carbons (Fsp3) is 0.346. The zero-order chi connectivity index (χ0) is 24.6. The molecular formula is C26H30N2O6. The molecule has 0 radical (unpaired) electrons. The molecule has 0 saturated carbocycles. The number of carbonyl (C=O) groups excluding carboxylic acids is 1. The summed E-state index contributed by atoms with van der Waals surface area (Å²) in [7, 11) is 0. The number of hydrogen-bond acceptors (Lipinski definition) is 8. The number of ether oxygens (including phenoxy) is 3. The minimum atomic E-state index is -0.801. The third-order valence-corrected chi connectivity index (χ3v) is 5.12. The molecule has 0 unspecified atom stereocenters. The summed E-state index contributed by atoms with van der Waals surface area (Å²) >= 11 is 0. The van der Waals surface area contributed by atoms with E-state index in [0.29, 0.717) is 11.1 Å². The Morgan fingerprint density at radius 3 is 2.21 bits per heavy atom. The SMILES string of the molecule is CCOC(=O)/C=C/[C@H](N=Cc1ccccc1O)[C@@H](N=Cc1ccccc1O)[C@H]1COC(C)(C)O1. The van der Waals surface area contributed by atoms with E-state index in [-0.39, 0.29) is 24.7 Å². The largest absolute Gasteiger partial charge is 0.507 e. The van der Waals surface area contributed by atoms with E-state index in [1.807, 2.05) is 13.8 Å². The number of nitrogens with zero attached hydrogens (tertiary/aromatic N) is 2. The molecule has 0 amide bonds. The van der Waals surface area contributed by atoms with Crippen molar-refractivity contribution in [2.75, 3.05) is 13.2 Å². The molecule has 1 heterocycles. The molecule has 3 rings (SSSR count). The maximum atomic E-state index is 12.0. The Kier molecular flexibility index (Phi) is 8.56. The molecule has 2 aromatic carbocycles. The molecule has 1 aliphatic heterocycles. The summed E-state index contributed by atoms with van der Waals surface area (Å²) < 4.78 is 16.8. The first-order chi connectivity index (χ1) is 16.3. The molecule has 8 nitrogen and oxygen atoms in total. The Hall–Kier alpha value is -3.49. The van der Waals surface area contributed by atoms with Gasteiger partial charge in [-0.05, 0) is 45.0 Å². The number of benzene rings is 2. The van der Waals surface area contributed by atoms with Crippen LogP contribution in [0.2, 0.25) is 0 Å². The van der Waals surface area contributed by atoms with Gasteiger partial charge in [0, 0.05) is 29.6 Å². The Morgan fingerprint density at radius 1 is 1.09 bits per heavy atom. The number of phenols is 2. The first-order valence-corrected chi connectivity index (χ1v) is 11.1. The zero-order valence-corrected chi connectivity index (χ0v) is 19.5. The summed E-state index contributed by atoms with van der Waals surface area (Å²) in [5, 5.41) is 20.3. The highest BCUT2D eigenvalue weighted by molar-refractivity contribution is 5.85. The molecule has 2 N–H and O–H groups in total. The van der Waals surface area contributed by atoms with E-state index in [0.717, 1.165) is 0 Å². The number of carbonyl (C=O) groups is 1. The minimum absolute atomic E-state index is 0.0789. The van der Waals surface area contributed by atoms with Crippen LogP contribution in [-0.4, -0.2) is 65.8 Å². The average molecular weight is 467 g/mol. The van der Waals surface area contributed by atoms with Crippen LogP contribution in [0, 0.1) is 0 Å². The summed E-state index contributed by atoms with van der Waals surface area (Å²) in [6, 6.07) is 12.4. The van der Waals surface area contributed by atoms with Crippen molar-refractivity contribution in [2.24, 2.45) is 9.98 Å². The minimum Gasteiger partial charge on any atom is -0.507 e. The average Bonchev–Trinajstić information content (AvgIpc) is 3.16. The molecule has 34 heavy (non-hydrogen) atoms. The molecule has 0 bridgehead atoms. The molecule has 0 aromatic heterocycles. The zero-order valence-electron chi connectivity index (χ0n) is 19.5. The number of aliphatic imine (C=N–C) groups is 2. The van der Waals surface area contributed by atoms with Crippen molar-refractivity contribution in [1.29, 1.82) is 0 Å². The Balaban J connectivity index is 1.99. The quantitative estimate of drug-likeness (QED) is 0.332. The summed E-state index contributed by atoms with van der Waals surface area (Å²) in [4.78, 5) is 21.3. The molecule has 2 aromatic rings. The second-order valence-corrected chi connectivity index (χ2v) is 8.13. The van der Waals surface area contributed by atoms with Gasteiger partial charge in [-0.25, -0.2) is 4.79 Å². The maximum Gasteiger partial charge on any atom is 0.330 e. The van der Waals surface area contributed by atoms with Gasteiger partial charge in [0.2, 0.25) is 0 Å². The van der Waals surface area contributed by atoms with Gasteiger partial charge in [0.05, 0.1) is 19.3 Å². The molecule has 1 aliphatic rings. The number of para-hydroxylation sites is 2. The van der Waals surface area contributed by atoms with Gasteiger partial charge in [0.1, 0.15) is 23.6 Å². The molecule has 0 spiro atoms. The predicted octanol–water partition coefficient (Wildman–Crippen LogP) is 3.64. The van der Waals surface area contributed by atoms with Crippen molar-refractivity contribution in [3.8, 4) is 11.5 Å². The third kappa shape index (κ3) is 7.00. The summed E-state index contributed by atoms with van der Waals surface area (Å²) in [5.74, 6) is -1.14. The first-order valence-electron chi connectivity index (χ1n) is 11.1. The third-order valence-electron chi connectivity index (χ3n) is 5.12. The first kappa shape index (κ1) is 25.1. The van der Waals surface area contributed by atoms with Gasteiger partial charge in [-0.1, -0.05) is 30.3 Å². The lowest BCUT2D eigenvalue weighted by Crippen LogP contribution is -2.37. The molecule has 1 fully saturated rings. The number of aromatic hydroxyl groups is 2. The van der Waals surface area contributed by atoms with Crippen molar-refractivity contribution in [3.63, 3.8) is 0 Å². The monoisotopic (exact) mass is 466 g/mol. The van der Waals surface area contributed by atoms with Gasteiger partial charge >= 0.3 is 5.97 Å². The van der Waals surface area contributed by atoms with E-state index >= 15 is 0 Å².